The summed E-state index contributed by atoms with van der Waals surface area (Å²) in [6, 6.07) is 6.40. The minimum Gasteiger partial charge on any atom is -0.476 e. The number of benzene rings is 1. The van der Waals surface area contributed by atoms with E-state index in [1.54, 1.807) is 11.4 Å². The number of carbonyl (C=O) groups is 1. The van der Waals surface area contributed by atoms with Crippen molar-refractivity contribution in [3.05, 3.63) is 52.4 Å². The van der Waals surface area contributed by atoms with Crippen molar-refractivity contribution < 1.29 is 14.3 Å². The van der Waals surface area contributed by atoms with Gasteiger partial charge in [0.2, 0.25) is 5.01 Å². The molecule has 0 unspecified atom stereocenters. The molecule has 0 aliphatic rings. The second-order valence-corrected chi connectivity index (χ2v) is 4.95. The van der Waals surface area contributed by atoms with E-state index >= 15 is 0 Å². The number of fused-ring (bicyclic) bond motifs is 1. The molecule has 1 aromatic carbocycles. The van der Waals surface area contributed by atoms with Crippen LogP contribution < -0.4 is 0 Å². The van der Waals surface area contributed by atoms with Crippen LogP contribution in [-0.4, -0.2) is 20.6 Å². The van der Waals surface area contributed by atoms with Crippen LogP contribution in [0.15, 0.2) is 35.8 Å². The van der Waals surface area contributed by atoms with Gasteiger partial charge in [0.1, 0.15) is 5.82 Å². The van der Waals surface area contributed by atoms with Crippen molar-refractivity contribution in [1.29, 1.82) is 0 Å². The summed E-state index contributed by atoms with van der Waals surface area (Å²) in [5.41, 5.74) is 1.58. The van der Waals surface area contributed by atoms with E-state index in [1.165, 1.54) is 12.1 Å². The predicted octanol–water partition coefficient (Wildman–Crippen LogP) is 2.98. The second kappa shape index (κ2) is 4.47. The fourth-order valence-corrected chi connectivity index (χ4v) is 2.61. The number of aromatic carboxylic acids is 1. The lowest BCUT2D eigenvalue weighted by Gasteiger charge is -2.02. The number of hydrogen-bond acceptors (Lipinski definition) is 3. The monoisotopic (exact) mass is 276 g/mol. The van der Waals surface area contributed by atoms with Gasteiger partial charge in [-0.3, -0.25) is 0 Å². The summed E-state index contributed by atoms with van der Waals surface area (Å²) in [5.74, 6) is -1.29. The van der Waals surface area contributed by atoms with Crippen molar-refractivity contribution in [2.24, 2.45) is 0 Å². The van der Waals surface area contributed by atoms with Crippen LogP contribution in [0.4, 0.5) is 4.39 Å². The van der Waals surface area contributed by atoms with Gasteiger partial charge in [-0.25, -0.2) is 14.2 Å². The molecule has 0 spiro atoms. The number of nitrogens with zero attached hydrogens (tertiary/aromatic N) is 2. The zero-order valence-electron chi connectivity index (χ0n) is 9.71. The minimum absolute atomic E-state index is 0.0810. The fourth-order valence-electron chi connectivity index (χ4n) is 1.96. The molecule has 0 aliphatic carbocycles. The highest BCUT2D eigenvalue weighted by Crippen LogP contribution is 2.19. The lowest BCUT2D eigenvalue weighted by atomic mass is 10.2. The van der Waals surface area contributed by atoms with Gasteiger partial charge >= 0.3 is 5.97 Å². The van der Waals surface area contributed by atoms with Crippen molar-refractivity contribution >= 4 is 28.2 Å². The molecule has 0 saturated heterocycles. The molecule has 0 atom stereocenters. The van der Waals surface area contributed by atoms with E-state index in [4.69, 9.17) is 5.11 Å². The Morgan fingerprint density at radius 2 is 2.26 bits per heavy atom. The third kappa shape index (κ3) is 2.22. The van der Waals surface area contributed by atoms with Crippen LogP contribution in [0.5, 0.6) is 0 Å². The Bertz CT molecular complexity index is 763. The van der Waals surface area contributed by atoms with Gasteiger partial charge in [-0.05, 0) is 24.3 Å². The topological polar surface area (TPSA) is 55.1 Å². The molecule has 0 radical (unpaired) electrons. The summed E-state index contributed by atoms with van der Waals surface area (Å²) in [6.07, 6.45) is 1.84. The van der Waals surface area contributed by atoms with Crippen LogP contribution in [0, 0.1) is 5.82 Å². The number of hydrogen-bond donors (Lipinski definition) is 1. The number of aromatic nitrogens is 2. The van der Waals surface area contributed by atoms with Gasteiger partial charge in [-0.15, -0.1) is 11.3 Å². The van der Waals surface area contributed by atoms with E-state index < -0.39 is 5.97 Å². The summed E-state index contributed by atoms with van der Waals surface area (Å²) in [4.78, 5) is 14.8. The lowest BCUT2D eigenvalue weighted by Crippen LogP contribution is -2.00. The Balaban J connectivity index is 1.94. The standard InChI is InChI=1S/C13H9FN2O2S/c14-9-1-2-11-8(5-9)3-4-16(11)6-10-7-19-12(15-10)13(17)18/h1-5,7H,6H2,(H,17,18). The van der Waals surface area contributed by atoms with Gasteiger partial charge in [-0.2, -0.15) is 0 Å². The van der Waals surface area contributed by atoms with Gasteiger partial charge in [-0.1, -0.05) is 0 Å². The SMILES string of the molecule is O=C(O)c1nc(Cn2ccc3cc(F)ccc32)cs1. The molecule has 3 aromatic rings. The van der Waals surface area contributed by atoms with Crippen LogP contribution in [0.2, 0.25) is 0 Å². The molecule has 2 aromatic heterocycles. The first-order valence-electron chi connectivity index (χ1n) is 5.55. The molecule has 3 rings (SSSR count). The van der Waals surface area contributed by atoms with Crippen molar-refractivity contribution in [3.63, 3.8) is 0 Å². The van der Waals surface area contributed by atoms with Crippen molar-refractivity contribution in [3.8, 4) is 0 Å². The van der Waals surface area contributed by atoms with Gasteiger partial charge in [0.15, 0.2) is 0 Å². The Morgan fingerprint density at radius 1 is 1.42 bits per heavy atom. The molecule has 4 nitrogen and oxygen atoms in total. The van der Waals surface area contributed by atoms with E-state index in [1.807, 2.05) is 16.8 Å². The van der Waals surface area contributed by atoms with Crippen LogP contribution in [-0.2, 0) is 6.54 Å². The third-order valence-electron chi connectivity index (χ3n) is 2.80. The zero-order chi connectivity index (χ0) is 13.4. The summed E-state index contributed by atoms with van der Waals surface area (Å²) in [6.45, 7) is 0.471. The molecule has 0 aliphatic heterocycles. The number of carboxylic acid groups (broad SMARTS) is 1. The van der Waals surface area contributed by atoms with Crippen LogP contribution in [0.1, 0.15) is 15.5 Å². The largest absolute Gasteiger partial charge is 0.476 e. The van der Waals surface area contributed by atoms with E-state index in [-0.39, 0.29) is 10.8 Å². The molecule has 96 valence electrons. The molecular formula is C13H9FN2O2S. The van der Waals surface area contributed by atoms with Crippen molar-refractivity contribution in [2.45, 2.75) is 6.54 Å². The molecule has 0 bridgehead atoms. The normalized spacial score (nSPS) is 11.0. The quantitative estimate of drug-likeness (QED) is 0.800. The molecule has 0 saturated carbocycles. The summed E-state index contributed by atoms with van der Waals surface area (Å²) >= 11 is 1.10. The van der Waals surface area contributed by atoms with E-state index in [0.717, 1.165) is 22.2 Å². The highest BCUT2D eigenvalue weighted by atomic mass is 32.1. The summed E-state index contributed by atoms with van der Waals surface area (Å²) in [7, 11) is 0. The van der Waals surface area contributed by atoms with Crippen molar-refractivity contribution in [1.82, 2.24) is 9.55 Å². The van der Waals surface area contributed by atoms with E-state index in [0.29, 0.717) is 12.2 Å². The van der Waals surface area contributed by atoms with Crippen LogP contribution >= 0.6 is 11.3 Å². The zero-order valence-corrected chi connectivity index (χ0v) is 10.5. The Morgan fingerprint density at radius 3 is 3.00 bits per heavy atom. The summed E-state index contributed by atoms with van der Waals surface area (Å²) < 4.78 is 15.0. The second-order valence-electron chi connectivity index (χ2n) is 4.10. The molecule has 2 heterocycles. The number of halogens is 1. The number of thiazole rings is 1. The molecule has 0 amide bonds. The van der Waals surface area contributed by atoms with Crippen LogP contribution in [0.3, 0.4) is 0 Å². The average Bonchev–Trinajstić information content (AvgIpc) is 2.97. The molecule has 1 N–H and O–H groups in total. The summed E-state index contributed by atoms with van der Waals surface area (Å²) in [5, 5.41) is 11.4. The maximum absolute atomic E-state index is 13.1. The van der Waals surface area contributed by atoms with Gasteiger partial charge in [0.05, 0.1) is 12.2 Å². The van der Waals surface area contributed by atoms with E-state index in [9.17, 15) is 9.18 Å². The smallest absolute Gasteiger partial charge is 0.365 e. The first-order valence-corrected chi connectivity index (χ1v) is 6.43. The predicted molar refractivity (Wildman–Crippen MR) is 70.1 cm³/mol. The average molecular weight is 276 g/mol. The van der Waals surface area contributed by atoms with Gasteiger partial charge in [0.25, 0.3) is 0 Å². The highest BCUT2D eigenvalue weighted by molar-refractivity contribution is 7.11. The van der Waals surface area contributed by atoms with E-state index in [2.05, 4.69) is 4.98 Å². The number of rotatable bonds is 3. The lowest BCUT2D eigenvalue weighted by molar-refractivity contribution is 0.0696. The van der Waals surface area contributed by atoms with Gasteiger partial charge < -0.3 is 9.67 Å². The minimum atomic E-state index is -1.02. The third-order valence-corrected chi connectivity index (χ3v) is 3.68. The Hall–Kier alpha value is -2.21. The van der Waals surface area contributed by atoms with Crippen molar-refractivity contribution in [2.75, 3.05) is 0 Å². The maximum atomic E-state index is 13.1. The van der Waals surface area contributed by atoms with Gasteiger partial charge in [0, 0.05) is 22.5 Å². The maximum Gasteiger partial charge on any atom is 0.365 e. The number of carboxylic acids is 1. The Labute approximate surface area is 111 Å². The highest BCUT2D eigenvalue weighted by Gasteiger charge is 2.10. The van der Waals surface area contributed by atoms with Crippen LogP contribution in [0.25, 0.3) is 10.9 Å². The first-order chi connectivity index (χ1) is 9.13. The molecule has 6 heteroatoms. The Kier molecular flexibility index (Phi) is 2.79. The molecular weight excluding hydrogens is 267 g/mol. The fraction of sp³-hybridized carbons (Fsp3) is 0.0769. The first kappa shape index (κ1) is 11.9. The molecule has 0 fully saturated rings. The molecule has 19 heavy (non-hydrogen) atoms.